The number of nitrogens with one attached hydrogen (secondary N) is 1. The summed E-state index contributed by atoms with van der Waals surface area (Å²) < 4.78 is 13.2. The van der Waals surface area contributed by atoms with E-state index in [2.05, 4.69) is 5.32 Å². The van der Waals surface area contributed by atoms with Crippen LogP contribution >= 0.6 is 0 Å². The summed E-state index contributed by atoms with van der Waals surface area (Å²) in [5, 5.41) is 2.66. The number of hydrogen-bond acceptors (Lipinski definition) is 1. The van der Waals surface area contributed by atoms with Crippen molar-refractivity contribution in [2.75, 3.05) is 0 Å². The fourth-order valence-electron chi connectivity index (χ4n) is 1.57. The average Bonchev–Trinajstić information content (AvgIpc) is 2.62. The van der Waals surface area contributed by atoms with Crippen LogP contribution in [0.25, 0.3) is 0 Å². The van der Waals surface area contributed by atoms with Crippen molar-refractivity contribution in [1.29, 1.82) is 0 Å². The summed E-state index contributed by atoms with van der Waals surface area (Å²) in [5.41, 5.74) is 2.06. The van der Waals surface area contributed by atoms with Crippen LogP contribution in [0.3, 0.4) is 0 Å². The van der Waals surface area contributed by atoms with Crippen molar-refractivity contribution in [1.82, 2.24) is 5.32 Å². The van der Waals surface area contributed by atoms with Crippen molar-refractivity contribution in [3.8, 4) is 0 Å². The molecule has 1 amide bonds. The third-order valence-electron chi connectivity index (χ3n) is 2.34. The lowest BCUT2D eigenvalue weighted by Crippen LogP contribution is -2.12. The van der Waals surface area contributed by atoms with Gasteiger partial charge in [0.2, 0.25) is 0 Å². The van der Waals surface area contributed by atoms with Crippen LogP contribution in [-0.4, -0.2) is 5.91 Å². The molecule has 0 fully saturated rings. The van der Waals surface area contributed by atoms with E-state index in [1.807, 2.05) is 20.8 Å². The predicted molar refractivity (Wildman–Crippen MR) is 58.3 cm³/mol. The quantitative estimate of drug-likeness (QED) is 0.757. The third-order valence-corrected chi connectivity index (χ3v) is 2.34. The van der Waals surface area contributed by atoms with Crippen LogP contribution in [0, 0.1) is 5.82 Å². The van der Waals surface area contributed by atoms with Gasteiger partial charge < -0.3 is 5.32 Å². The fourth-order valence-corrected chi connectivity index (χ4v) is 1.57. The number of halogens is 1. The molecule has 1 aliphatic rings. The van der Waals surface area contributed by atoms with Crippen molar-refractivity contribution < 1.29 is 9.18 Å². The predicted octanol–water partition coefficient (Wildman–Crippen LogP) is 2.66. The third kappa shape index (κ3) is 2.17. The first-order chi connectivity index (χ1) is 7.22. The van der Waals surface area contributed by atoms with Gasteiger partial charge in [-0.1, -0.05) is 26.8 Å². The summed E-state index contributed by atoms with van der Waals surface area (Å²) in [6.45, 7) is 6.43. The molecule has 1 aromatic carbocycles. The van der Waals surface area contributed by atoms with E-state index in [0.717, 1.165) is 5.56 Å². The van der Waals surface area contributed by atoms with Crippen LogP contribution in [-0.2, 0) is 13.0 Å². The Labute approximate surface area is 89.5 Å². The first kappa shape index (κ1) is 11.7. The van der Waals surface area contributed by atoms with E-state index in [1.165, 1.54) is 6.07 Å². The van der Waals surface area contributed by atoms with Crippen LogP contribution in [0.4, 0.5) is 4.39 Å². The van der Waals surface area contributed by atoms with Crippen LogP contribution in [0.2, 0.25) is 0 Å². The van der Waals surface area contributed by atoms with E-state index >= 15 is 0 Å². The van der Waals surface area contributed by atoms with Gasteiger partial charge in [-0.05, 0) is 23.6 Å². The topological polar surface area (TPSA) is 29.1 Å². The van der Waals surface area contributed by atoms with E-state index in [1.54, 1.807) is 6.07 Å². The molecule has 0 bridgehead atoms. The SMILES string of the molecule is CC.CCc1cc2c(cc1F)C(=O)NC2. The molecule has 1 aromatic rings. The molecule has 0 spiro atoms. The lowest BCUT2D eigenvalue weighted by molar-refractivity contribution is 0.0965. The average molecular weight is 209 g/mol. The number of carbonyl (C=O) groups is 1. The zero-order chi connectivity index (χ0) is 11.4. The van der Waals surface area contributed by atoms with Crippen molar-refractivity contribution >= 4 is 5.91 Å². The Morgan fingerprint density at radius 2 is 2.07 bits per heavy atom. The number of amides is 1. The molecule has 1 heterocycles. The van der Waals surface area contributed by atoms with Crippen molar-refractivity contribution in [3.63, 3.8) is 0 Å². The number of benzene rings is 1. The van der Waals surface area contributed by atoms with Gasteiger partial charge in [0.1, 0.15) is 5.82 Å². The highest BCUT2D eigenvalue weighted by molar-refractivity contribution is 5.98. The molecule has 3 heteroatoms. The number of carbonyl (C=O) groups excluding carboxylic acids is 1. The van der Waals surface area contributed by atoms with E-state index in [0.29, 0.717) is 24.1 Å². The summed E-state index contributed by atoms with van der Waals surface area (Å²) in [6.07, 6.45) is 0.660. The fraction of sp³-hybridized carbons (Fsp3) is 0.417. The van der Waals surface area contributed by atoms with Gasteiger partial charge in [-0.3, -0.25) is 4.79 Å². The molecule has 0 unspecified atom stereocenters. The van der Waals surface area contributed by atoms with Gasteiger partial charge in [-0.2, -0.15) is 0 Å². The van der Waals surface area contributed by atoms with E-state index in [4.69, 9.17) is 0 Å². The van der Waals surface area contributed by atoms with Gasteiger partial charge in [0, 0.05) is 12.1 Å². The number of aryl methyl sites for hydroxylation is 1. The first-order valence-corrected chi connectivity index (χ1v) is 5.32. The minimum Gasteiger partial charge on any atom is -0.348 e. The second kappa shape index (κ2) is 4.91. The molecule has 1 N–H and O–H groups in total. The second-order valence-corrected chi connectivity index (χ2v) is 3.14. The summed E-state index contributed by atoms with van der Waals surface area (Å²) in [7, 11) is 0. The van der Waals surface area contributed by atoms with E-state index in [9.17, 15) is 9.18 Å². The Hall–Kier alpha value is -1.38. The van der Waals surface area contributed by atoms with E-state index in [-0.39, 0.29) is 11.7 Å². The Morgan fingerprint density at radius 3 is 2.67 bits per heavy atom. The summed E-state index contributed by atoms with van der Waals surface area (Å²) in [5.74, 6) is -0.449. The lowest BCUT2D eigenvalue weighted by Gasteiger charge is -2.01. The molecule has 2 nitrogen and oxygen atoms in total. The Balaban J connectivity index is 0.000000531. The van der Waals surface area contributed by atoms with Gasteiger partial charge in [0.15, 0.2) is 0 Å². The Morgan fingerprint density at radius 1 is 1.40 bits per heavy atom. The van der Waals surface area contributed by atoms with Crippen molar-refractivity contribution in [3.05, 3.63) is 34.6 Å². The smallest absolute Gasteiger partial charge is 0.252 e. The molecule has 0 saturated heterocycles. The van der Waals surface area contributed by atoms with Crippen molar-refractivity contribution in [2.45, 2.75) is 33.7 Å². The molecular formula is C12H16FNO. The normalized spacial score (nSPS) is 12.7. The lowest BCUT2D eigenvalue weighted by atomic mass is 10.0. The Kier molecular flexibility index (Phi) is 3.83. The number of fused-ring (bicyclic) bond motifs is 1. The van der Waals surface area contributed by atoms with Gasteiger partial charge in [0.05, 0.1) is 0 Å². The highest BCUT2D eigenvalue weighted by atomic mass is 19.1. The van der Waals surface area contributed by atoms with E-state index < -0.39 is 0 Å². The van der Waals surface area contributed by atoms with Crippen LogP contribution in [0.1, 0.15) is 42.3 Å². The zero-order valence-corrected chi connectivity index (χ0v) is 9.36. The molecule has 0 aromatic heterocycles. The molecule has 82 valence electrons. The maximum absolute atomic E-state index is 13.2. The zero-order valence-electron chi connectivity index (χ0n) is 9.36. The first-order valence-electron chi connectivity index (χ1n) is 5.32. The maximum atomic E-state index is 13.2. The standard InChI is InChI=1S/C10H10FNO.C2H6/c1-2-6-3-7-5-12-10(13)8(7)4-9(6)11;1-2/h3-4H,2,5H2,1H3,(H,12,13);1-2H3. The molecule has 15 heavy (non-hydrogen) atoms. The molecule has 0 radical (unpaired) electrons. The molecule has 1 aliphatic heterocycles. The summed E-state index contributed by atoms with van der Waals surface area (Å²) in [6, 6.07) is 3.10. The largest absolute Gasteiger partial charge is 0.348 e. The summed E-state index contributed by atoms with van der Waals surface area (Å²) >= 11 is 0. The van der Waals surface area contributed by atoms with Gasteiger partial charge >= 0.3 is 0 Å². The monoisotopic (exact) mass is 209 g/mol. The van der Waals surface area contributed by atoms with Crippen LogP contribution < -0.4 is 5.32 Å². The van der Waals surface area contributed by atoms with Gasteiger partial charge in [-0.15, -0.1) is 0 Å². The molecule has 0 saturated carbocycles. The van der Waals surface area contributed by atoms with Gasteiger partial charge in [0.25, 0.3) is 5.91 Å². The van der Waals surface area contributed by atoms with Crippen LogP contribution in [0.5, 0.6) is 0 Å². The molecular weight excluding hydrogens is 193 g/mol. The molecule has 2 rings (SSSR count). The van der Waals surface area contributed by atoms with Gasteiger partial charge in [-0.25, -0.2) is 4.39 Å². The van der Waals surface area contributed by atoms with Crippen molar-refractivity contribution in [2.24, 2.45) is 0 Å². The minimum atomic E-state index is -0.279. The molecule has 0 atom stereocenters. The highest BCUT2D eigenvalue weighted by Crippen LogP contribution is 2.20. The number of rotatable bonds is 1. The summed E-state index contributed by atoms with van der Waals surface area (Å²) in [4.78, 5) is 11.1. The van der Waals surface area contributed by atoms with Crippen LogP contribution in [0.15, 0.2) is 12.1 Å². The number of hydrogen-bond donors (Lipinski definition) is 1. The molecule has 0 aliphatic carbocycles. The minimum absolute atomic E-state index is 0.170. The maximum Gasteiger partial charge on any atom is 0.252 e. The highest BCUT2D eigenvalue weighted by Gasteiger charge is 2.20. The second-order valence-electron chi connectivity index (χ2n) is 3.14. The Bertz CT molecular complexity index is 374.